The van der Waals surface area contributed by atoms with Gasteiger partial charge in [0, 0.05) is 12.1 Å². The number of fused-ring (bicyclic) bond motifs is 1. The average molecular weight is 327 g/mol. The number of benzene rings is 2. The fourth-order valence-corrected chi connectivity index (χ4v) is 2.28. The summed E-state index contributed by atoms with van der Waals surface area (Å²) in [4.78, 5) is 0. The molecule has 0 spiro atoms. The minimum atomic E-state index is -3.63. The molecule has 3 nitrogen and oxygen atoms in total. The number of hydrogen-bond acceptors (Lipinski definition) is 3. The third-order valence-corrected chi connectivity index (χ3v) is 3.38. The van der Waals surface area contributed by atoms with Gasteiger partial charge >= 0.3 is 6.29 Å². The summed E-state index contributed by atoms with van der Waals surface area (Å²) < 4.78 is 61.0. The van der Waals surface area contributed by atoms with E-state index in [4.69, 9.17) is 0 Å². The highest BCUT2D eigenvalue weighted by atomic mass is 19.3. The first kappa shape index (κ1) is 15.6. The van der Waals surface area contributed by atoms with E-state index in [1.807, 2.05) is 0 Å². The lowest BCUT2D eigenvalue weighted by molar-refractivity contribution is -0.286. The number of halogens is 4. The Morgan fingerprint density at radius 2 is 1.74 bits per heavy atom. The third kappa shape index (κ3) is 3.73. The van der Waals surface area contributed by atoms with Crippen LogP contribution in [0.15, 0.2) is 36.4 Å². The largest absolute Gasteiger partial charge is 0.586 e. The summed E-state index contributed by atoms with van der Waals surface area (Å²) >= 11 is 0. The zero-order valence-corrected chi connectivity index (χ0v) is 11.9. The summed E-state index contributed by atoms with van der Waals surface area (Å²) in [5.41, 5.74) is 0.993. The number of nitrogens with one attached hydrogen (secondary N) is 1. The summed E-state index contributed by atoms with van der Waals surface area (Å²) in [5.74, 6) is -0.999. The first-order valence-electron chi connectivity index (χ1n) is 6.96. The second-order valence-corrected chi connectivity index (χ2v) is 5.11. The minimum absolute atomic E-state index is 0.00598. The van der Waals surface area contributed by atoms with Gasteiger partial charge in [-0.2, -0.15) is 0 Å². The van der Waals surface area contributed by atoms with Gasteiger partial charge in [-0.25, -0.2) is 8.78 Å². The molecular formula is C16H13F4NO2. The van der Waals surface area contributed by atoms with E-state index in [9.17, 15) is 17.6 Å². The summed E-state index contributed by atoms with van der Waals surface area (Å²) in [6.07, 6.45) is -3.12. The predicted molar refractivity (Wildman–Crippen MR) is 74.4 cm³/mol. The van der Waals surface area contributed by atoms with Crippen molar-refractivity contribution in [3.8, 4) is 11.5 Å². The van der Waals surface area contributed by atoms with Gasteiger partial charge in [0.15, 0.2) is 11.5 Å². The SMILES string of the molecule is Fc1ccc(F)c(CNCCc2ccc3c(c2)OC(F)(F)O3)c1. The van der Waals surface area contributed by atoms with E-state index in [-0.39, 0.29) is 23.6 Å². The van der Waals surface area contributed by atoms with Gasteiger partial charge in [0.2, 0.25) is 0 Å². The van der Waals surface area contributed by atoms with E-state index < -0.39 is 17.9 Å². The zero-order chi connectivity index (χ0) is 16.4. The van der Waals surface area contributed by atoms with Crippen molar-refractivity contribution >= 4 is 0 Å². The molecule has 23 heavy (non-hydrogen) atoms. The molecule has 0 atom stereocenters. The second kappa shape index (κ2) is 6.08. The van der Waals surface area contributed by atoms with Gasteiger partial charge in [0.1, 0.15) is 11.6 Å². The quantitative estimate of drug-likeness (QED) is 0.672. The van der Waals surface area contributed by atoms with Crippen molar-refractivity contribution in [2.45, 2.75) is 19.3 Å². The molecule has 0 radical (unpaired) electrons. The van der Waals surface area contributed by atoms with Crippen LogP contribution in [0.4, 0.5) is 17.6 Å². The summed E-state index contributed by atoms with van der Waals surface area (Å²) in [5, 5.41) is 2.98. The van der Waals surface area contributed by atoms with Crippen molar-refractivity contribution in [1.29, 1.82) is 0 Å². The summed E-state index contributed by atoms with van der Waals surface area (Å²) in [6, 6.07) is 7.79. The highest BCUT2D eigenvalue weighted by molar-refractivity contribution is 5.45. The zero-order valence-electron chi connectivity index (χ0n) is 11.9. The highest BCUT2D eigenvalue weighted by Gasteiger charge is 2.43. The smallest absolute Gasteiger partial charge is 0.395 e. The van der Waals surface area contributed by atoms with E-state index in [0.29, 0.717) is 13.0 Å². The molecular weight excluding hydrogens is 314 g/mol. The lowest BCUT2D eigenvalue weighted by atomic mass is 10.1. The van der Waals surface area contributed by atoms with Crippen LogP contribution in [0.5, 0.6) is 11.5 Å². The maximum absolute atomic E-state index is 13.4. The molecule has 0 aromatic heterocycles. The van der Waals surface area contributed by atoms with E-state index >= 15 is 0 Å². The lowest BCUT2D eigenvalue weighted by Crippen LogP contribution is -2.25. The molecule has 0 bridgehead atoms. The first-order chi connectivity index (χ1) is 10.9. The fraction of sp³-hybridized carbons (Fsp3) is 0.250. The highest BCUT2D eigenvalue weighted by Crippen LogP contribution is 2.41. The van der Waals surface area contributed by atoms with Crippen LogP contribution in [0.3, 0.4) is 0 Å². The van der Waals surface area contributed by atoms with E-state index in [2.05, 4.69) is 14.8 Å². The lowest BCUT2D eigenvalue weighted by Gasteiger charge is -2.07. The number of alkyl halides is 2. The molecule has 2 aromatic carbocycles. The van der Waals surface area contributed by atoms with Crippen molar-refractivity contribution in [3.63, 3.8) is 0 Å². The van der Waals surface area contributed by atoms with Gasteiger partial charge in [-0.15, -0.1) is 8.78 Å². The minimum Gasteiger partial charge on any atom is -0.395 e. The molecule has 1 N–H and O–H groups in total. The van der Waals surface area contributed by atoms with Gasteiger partial charge in [0.25, 0.3) is 0 Å². The Morgan fingerprint density at radius 1 is 0.957 bits per heavy atom. The Kier molecular flexibility index (Phi) is 4.12. The molecule has 0 unspecified atom stereocenters. The molecule has 1 aliphatic heterocycles. The first-order valence-corrected chi connectivity index (χ1v) is 6.96. The molecule has 122 valence electrons. The predicted octanol–water partition coefficient (Wildman–Crippen LogP) is 3.62. The molecule has 1 heterocycles. The Balaban J connectivity index is 1.53. The molecule has 2 aromatic rings. The Hall–Kier alpha value is -2.28. The van der Waals surface area contributed by atoms with Gasteiger partial charge in [-0.1, -0.05) is 6.07 Å². The topological polar surface area (TPSA) is 30.5 Å². The van der Waals surface area contributed by atoms with Crippen LogP contribution < -0.4 is 14.8 Å². The molecule has 0 saturated carbocycles. The van der Waals surface area contributed by atoms with Crippen molar-refractivity contribution < 1.29 is 27.0 Å². The monoisotopic (exact) mass is 327 g/mol. The van der Waals surface area contributed by atoms with Crippen LogP contribution in [-0.2, 0) is 13.0 Å². The maximum atomic E-state index is 13.4. The fourth-order valence-electron chi connectivity index (χ4n) is 2.28. The molecule has 0 saturated heterocycles. The van der Waals surface area contributed by atoms with Crippen molar-refractivity contribution in [3.05, 3.63) is 59.2 Å². The number of rotatable bonds is 5. The van der Waals surface area contributed by atoms with Crippen LogP contribution in [0.25, 0.3) is 0 Å². The Labute approximate surface area is 129 Å². The van der Waals surface area contributed by atoms with Gasteiger partial charge in [-0.3, -0.25) is 0 Å². The van der Waals surface area contributed by atoms with Gasteiger partial charge in [-0.05, 0) is 48.9 Å². The molecule has 0 amide bonds. The van der Waals surface area contributed by atoms with Crippen molar-refractivity contribution in [1.82, 2.24) is 5.32 Å². The number of hydrogen-bond donors (Lipinski definition) is 1. The summed E-state index contributed by atoms with van der Waals surface area (Å²) in [7, 11) is 0. The van der Waals surface area contributed by atoms with Crippen molar-refractivity contribution in [2.24, 2.45) is 0 Å². The van der Waals surface area contributed by atoms with Gasteiger partial charge in [0.05, 0.1) is 0 Å². The molecule has 7 heteroatoms. The standard InChI is InChI=1S/C16H13F4NO2/c17-12-2-3-13(18)11(8-12)9-21-6-5-10-1-4-14-15(7-10)23-16(19,20)22-14/h1-4,7-8,21H,5-6,9H2. The van der Waals surface area contributed by atoms with Crippen molar-refractivity contribution in [2.75, 3.05) is 6.54 Å². The second-order valence-electron chi connectivity index (χ2n) is 5.11. The van der Waals surface area contributed by atoms with E-state index in [1.54, 1.807) is 6.07 Å². The molecule has 0 aliphatic carbocycles. The molecule has 0 fully saturated rings. The maximum Gasteiger partial charge on any atom is 0.586 e. The molecule has 3 rings (SSSR count). The normalized spacial score (nSPS) is 15.0. The number of ether oxygens (including phenoxy) is 2. The van der Waals surface area contributed by atoms with Crippen LogP contribution in [-0.4, -0.2) is 12.8 Å². The van der Waals surface area contributed by atoms with Crippen LogP contribution in [0, 0.1) is 11.6 Å². The Bertz CT molecular complexity index is 721. The van der Waals surface area contributed by atoms with Crippen LogP contribution in [0.1, 0.15) is 11.1 Å². The summed E-state index contributed by atoms with van der Waals surface area (Å²) in [6.45, 7) is 0.637. The van der Waals surface area contributed by atoms with Crippen LogP contribution in [0.2, 0.25) is 0 Å². The van der Waals surface area contributed by atoms with Crippen LogP contribution >= 0.6 is 0 Å². The third-order valence-electron chi connectivity index (χ3n) is 3.38. The van der Waals surface area contributed by atoms with Gasteiger partial charge < -0.3 is 14.8 Å². The molecule has 1 aliphatic rings. The van der Waals surface area contributed by atoms with E-state index in [0.717, 1.165) is 23.8 Å². The Morgan fingerprint density at radius 3 is 2.57 bits per heavy atom. The van der Waals surface area contributed by atoms with E-state index in [1.165, 1.54) is 12.1 Å². The average Bonchev–Trinajstić information content (AvgIpc) is 2.80.